The van der Waals surface area contributed by atoms with Gasteiger partial charge in [-0.3, -0.25) is 4.79 Å². The van der Waals surface area contributed by atoms with Crippen LogP contribution in [0.1, 0.15) is 35.2 Å². The third-order valence-electron chi connectivity index (χ3n) is 4.67. The lowest BCUT2D eigenvalue weighted by Gasteiger charge is -2.18. The van der Waals surface area contributed by atoms with Gasteiger partial charge in [0.25, 0.3) is 0 Å². The smallest absolute Gasteiger partial charge is 0.335 e. The molecule has 2 fully saturated rings. The van der Waals surface area contributed by atoms with Gasteiger partial charge >= 0.3 is 5.97 Å². The molecule has 2 unspecified atom stereocenters. The van der Waals surface area contributed by atoms with E-state index < -0.39 is 5.97 Å². The summed E-state index contributed by atoms with van der Waals surface area (Å²) < 4.78 is 0. The molecule has 3 rings (SSSR count). The zero-order valence-electron chi connectivity index (χ0n) is 11.4. The van der Waals surface area contributed by atoms with E-state index in [0.29, 0.717) is 17.4 Å². The molecular weight excluding hydrogens is 254 g/mol. The molecule has 1 aliphatic carbocycles. The number of nitrogens with zero attached hydrogens (tertiary/aromatic N) is 1. The fraction of sp³-hybridized carbons (Fsp3) is 0.500. The Morgan fingerprint density at radius 1 is 1.15 bits per heavy atom. The Balaban J connectivity index is 1.69. The SMILES string of the molecule is O=C(O)c1ccccc1CC(=O)N1CC2CCCC2C1. The molecule has 4 heteroatoms. The predicted octanol–water partition coefficient (Wildman–Crippen LogP) is 2.19. The van der Waals surface area contributed by atoms with Crippen LogP contribution in [0.25, 0.3) is 0 Å². The van der Waals surface area contributed by atoms with Crippen LogP contribution in [0.4, 0.5) is 0 Å². The van der Waals surface area contributed by atoms with E-state index in [9.17, 15) is 9.59 Å². The molecule has 1 heterocycles. The van der Waals surface area contributed by atoms with Crippen molar-refractivity contribution in [2.24, 2.45) is 11.8 Å². The number of carboxylic acid groups (broad SMARTS) is 1. The first-order chi connectivity index (χ1) is 9.65. The Hall–Kier alpha value is -1.84. The van der Waals surface area contributed by atoms with Gasteiger partial charge in [0.2, 0.25) is 5.91 Å². The molecule has 1 aromatic rings. The standard InChI is InChI=1S/C16H19NO3/c18-15(17-9-12-5-3-6-13(12)10-17)8-11-4-1-2-7-14(11)16(19)20/h1-2,4,7,12-13H,3,5-6,8-10H2,(H,19,20). The van der Waals surface area contributed by atoms with Gasteiger partial charge in [-0.1, -0.05) is 24.6 Å². The van der Waals surface area contributed by atoms with Crippen molar-refractivity contribution < 1.29 is 14.7 Å². The van der Waals surface area contributed by atoms with Crippen LogP contribution in [0.3, 0.4) is 0 Å². The van der Waals surface area contributed by atoms with Crippen molar-refractivity contribution in [2.75, 3.05) is 13.1 Å². The quantitative estimate of drug-likeness (QED) is 0.918. The van der Waals surface area contributed by atoms with Crippen molar-refractivity contribution in [3.05, 3.63) is 35.4 Å². The number of fused-ring (bicyclic) bond motifs is 1. The van der Waals surface area contributed by atoms with Crippen LogP contribution in [0.2, 0.25) is 0 Å². The average Bonchev–Trinajstić information content (AvgIpc) is 2.99. The topological polar surface area (TPSA) is 57.6 Å². The molecule has 1 saturated heterocycles. The first-order valence-corrected chi connectivity index (χ1v) is 7.24. The van der Waals surface area contributed by atoms with Crippen LogP contribution in [0, 0.1) is 11.8 Å². The average molecular weight is 273 g/mol. The summed E-state index contributed by atoms with van der Waals surface area (Å²) in [7, 11) is 0. The molecule has 1 aliphatic heterocycles. The number of amides is 1. The number of aromatic carboxylic acids is 1. The number of likely N-dealkylation sites (tertiary alicyclic amines) is 1. The number of carboxylic acids is 1. The minimum atomic E-state index is -0.966. The lowest BCUT2D eigenvalue weighted by atomic mass is 10.0. The van der Waals surface area contributed by atoms with Crippen LogP contribution < -0.4 is 0 Å². The van der Waals surface area contributed by atoms with Gasteiger partial charge in [0.05, 0.1) is 12.0 Å². The second-order valence-electron chi connectivity index (χ2n) is 5.89. The van der Waals surface area contributed by atoms with E-state index in [0.717, 1.165) is 13.1 Å². The van der Waals surface area contributed by atoms with Gasteiger partial charge in [-0.2, -0.15) is 0 Å². The number of hydrogen-bond acceptors (Lipinski definition) is 2. The van der Waals surface area contributed by atoms with Gasteiger partial charge in [-0.05, 0) is 36.3 Å². The minimum absolute atomic E-state index is 0.0631. The van der Waals surface area contributed by atoms with Crippen LogP contribution in [-0.2, 0) is 11.2 Å². The van der Waals surface area contributed by atoms with E-state index in [-0.39, 0.29) is 17.9 Å². The van der Waals surface area contributed by atoms with Crippen molar-refractivity contribution >= 4 is 11.9 Å². The van der Waals surface area contributed by atoms with Crippen molar-refractivity contribution in [3.8, 4) is 0 Å². The van der Waals surface area contributed by atoms with Crippen LogP contribution in [0.5, 0.6) is 0 Å². The van der Waals surface area contributed by atoms with E-state index >= 15 is 0 Å². The maximum atomic E-state index is 12.4. The zero-order valence-corrected chi connectivity index (χ0v) is 11.4. The van der Waals surface area contributed by atoms with Gasteiger partial charge in [0.1, 0.15) is 0 Å². The van der Waals surface area contributed by atoms with Gasteiger partial charge in [-0.15, -0.1) is 0 Å². The van der Waals surface area contributed by atoms with Crippen molar-refractivity contribution in [1.82, 2.24) is 4.90 Å². The number of hydrogen-bond donors (Lipinski definition) is 1. The van der Waals surface area contributed by atoms with Crippen LogP contribution in [0.15, 0.2) is 24.3 Å². The molecule has 1 aromatic carbocycles. The number of benzene rings is 1. The molecule has 0 bridgehead atoms. The van der Waals surface area contributed by atoms with Crippen molar-refractivity contribution in [2.45, 2.75) is 25.7 Å². The molecule has 2 aliphatic rings. The van der Waals surface area contributed by atoms with Gasteiger partial charge < -0.3 is 10.0 Å². The fourth-order valence-electron chi connectivity index (χ4n) is 3.60. The molecule has 0 aromatic heterocycles. The molecule has 2 atom stereocenters. The van der Waals surface area contributed by atoms with E-state index in [1.807, 2.05) is 4.90 Å². The number of carbonyl (C=O) groups excluding carboxylic acids is 1. The molecule has 1 saturated carbocycles. The summed E-state index contributed by atoms with van der Waals surface area (Å²) in [4.78, 5) is 25.4. The molecule has 1 N–H and O–H groups in total. The largest absolute Gasteiger partial charge is 0.478 e. The Kier molecular flexibility index (Phi) is 3.47. The maximum absolute atomic E-state index is 12.4. The summed E-state index contributed by atoms with van der Waals surface area (Å²) in [5, 5.41) is 9.15. The van der Waals surface area contributed by atoms with E-state index in [4.69, 9.17) is 5.11 Å². The summed E-state index contributed by atoms with van der Waals surface area (Å²) in [6.07, 6.45) is 3.96. The summed E-state index contributed by atoms with van der Waals surface area (Å²) >= 11 is 0. The second-order valence-corrected chi connectivity index (χ2v) is 5.89. The fourth-order valence-corrected chi connectivity index (χ4v) is 3.60. The van der Waals surface area contributed by atoms with Gasteiger partial charge in [-0.25, -0.2) is 4.79 Å². The Morgan fingerprint density at radius 3 is 2.45 bits per heavy atom. The summed E-state index contributed by atoms with van der Waals surface area (Å²) in [5.41, 5.74) is 0.849. The Morgan fingerprint density at radius 2 is 1.80 bits per heavy atom. The molecule has 106 valence electrons. The normalized spacial score (nSPS) is 24.7. The van der Waals surface area contributed by atoms with E-state index in [2.05, 4.69) is 0 Å². The van der Waals surface area contributed by atoms with Gasteiger partial charge in [0, 0.05) is 13.1 Å². The lowest BCUT2D eigenvalue weighted by molar-refractivity contribution is -0.129. The highest BCUT2D eigenvalue weighted by Gasteiger charge is 2.37. The van der Waals surface area contributed by atoms with Gasteiger partial charge in [0.15, 0.2) is 0 Å². The molecule has 1 amide bonds. The van der Waals surface area contributed by atoms with Crippen molar-refractivity contribution in [1.29, 1.82) is 0 Å². The van der Waals surface area contributed by atoms with Crippen LogP contribution >= 0.6 is 0 Å². The summed E-state index contributed by atoms with van der Waals surface area (Å²) in [5.74, 6) is 0.446. The maximum Gasteiger partial charge on any atom is 0.335 e. The third kappa shape index (κ3) is 2.42. The highest BCUT2D eigenvalue weighted by Crippen LogP contribution is 2.37. The highest BCUT2D eigenvalue weighted by atomic mass is 16.4. The third-order valence-corrected chi connectivity index (χ3v) is 4.67. The molecule has 4 nitrogen and oxygen atoms in total. The second kappa shape index (κ2) is 5.27. The molecule has 0 spiro atoms. The monoisotopic (exact) mass is 273 g/mol. The van der Waals surface area contributed by atoms with E-state index in [1.54, 1.807) is 24.3 Å². The number of carbonyl (C=O) groups is 2. The molecular formula is C16H19NO3. The minimum Gasteiger partial charge on any atom is -0.478 e. The molecule has 20 heavy (non-hydrogen) atoms. The highest BCUT2D eigenvalue weighted by molar-refractivity contribution is 5.91. The Bertz CT molecular complexity index is 528. The van der Waals surface area contributed by atoms with E-state index in [1.165, 1.54) is 19.3 Å². The lowest BCUT2D eigenvalue weighted by Crippen LogP contribution is -2.31. The first kappa shape index (κ1) is 13.2. The summed E-state index contributed by atoms with van der Waals surface area (Å²) in [6, 6.07) is 6.77. The van der Waals surface area contributed by atoms with Crippen LogP contribution in [-0.4, -0.2) is 35.0 Å². The zero-order chi connectivity index (χ0) is 14.1. The number of rotatable bonds is 3. The Labute approximate surface area is 118 Å². The molecule has 0 radical (unpaired) electrons. The van der Waals surface area contributed by atoms with Crippen molar-refractivity contribution in [3.63, 3.8) is 0 Å². The first-order valence-electron chi connectivity index (χ1n) is 7.24. The summed E-state index contributed by atoms with van der Waals surface area (Å²) in [6.45, 7) is 1.72. The predicted molar refractivity (Wildman–Crippen MR) is 74.5 cm³/mol.